The van der Waals surface area contributed by atoms with Gasteiger partial charge in [0, 0.05) is 107 Å². The van der Waals surface area contributed by atoms with Crippen LogP contribution in [0.25, 0.3) is 66.7 Å². The second-order valence-electron chi connectivity index (χ2n) is 16.1. The van der Waals surface area contributed by atoms with Gasteiger partial charge < -0.3 is 38.3 Å². The maximum atomic E-state index is 13.2. The van der Waals surface area contributed by atoms with Gasteiger partial charge in [-0.1, -0.05) is 48.6 Å². The Morgan fingerprint density at radius 1 is 0.697 bits per heavy atom. The molecule has 15 nitrogen and oxygen atoms in total. The van der Waals surface area contributed by atoms with E-state index >= 15 is 0 Å². The monoisotopic (exact) mass is 910 g/mol. The number of ketones is 2. The van der Waals surface area contributed by atoms with E-state index in [9.17, 15) is 24.0 Å². The molecule has 0 saturated carbocycles. The van der Waals surface area contributed by atoms with Crippen molar-refractivity contribution < 1.29 is 37.5 Å². The lowest BCUT2D eigenvalue weighted by molar-refractivity contribution is -0.117. The minimum absolute atomic E-state index is 0.00611. The maximum absolute atomic E-state index is 13.2. The van der Waals surface area contributed by atoms with E-state index in [1.54, 1.807) is 52.4 Å². The molecule has 0 aromatic heterocycles. The molecule has 2 aliphatic heterocycles. The zero-order valence-electron chi connectivity index (χ0n) is 38.1. The number of anilines is 3. The molecule has 340 valence electrons. The first kappa shape index (κ1) is 46.8. The Kier molecular flexibility index (Phi) is 14.2. The minimum Gasteiger partial charge on any atom is -0.452 e. The second kappa shape index (κ2) is 19.9. The summed E-state index contributed by atoms with van der Waals surface area (Å²) >= 11 is 5.66. The van der Waals surface area contributed by atoms with Crippen LogP contribution in [0.4, 0.5) is 17.1 Å². The molecule has 4 aromatic rings. The van der Waals surface area contributed by atoms with E-state index in [0.29, 0.717) is 105 Å². The van der Waals surface area contributed by atoms with E-state index in [-0.39, 0.29) is 45.5 Å². The summed E-state index contributed by atoms with van der Waals surface area (Å²) in [5, 5.41) is 5.21. The summed E-state index contributed by atoms with van der Waals surface area (Å²) in [5.74, 6) is -0.265. The van der Waals surface area contributed by atoms with Crippen LogP contribution in [0.2, 0.25) is 0 Å². The van der Waals surface area contributed by atoms with Crippen LogP contribution in [-0.4, -0.2) is 106 Å². The molecule has 2 heterocycles. The quantitative estimate of drug-likeness (QED) is 0.0360. The van der Waals surface area contributed by atoms with Crippen molar-refractivity contribution >= 4 is 96.4 Å². The molecule has 1 N–H and O–H groups in total. The van der Waals surface area contributed by atoms with Gasteiger partial charge in [-0.3, -0.25) is 24.0 Å². The Hall–Kier alpha value is -7.14. The molecule has 4 aliphatic rings. The lowest BCUT2D eigenvalue weighted by Gasteiger charge is -2.20. The molecule has 0 spiro atoms. The molecule has 0 saturated heterocycles. The van der Waals surface area contributed by atoms with Crippen molar-refractivity contribution in [3.63, 3.8) is 0 Å². The van der Waals surface area contributed by atoms with E-state index in [2.05, 4.69) is 5.32 Å². The normalized spacial score (nSPS) is 11.3. The van der Waals surface area contributed by atoms with Crippen LogP contribution < -0.4 is 20.5 Å². The summed E-state index contributed by atoms with van der Waals surface area (Å²) in [6.07, 6.45) is 0.438. The van der Waals surface area contributed by atoms with Crippen LogP contribution in [0.15, 0.2) is 92.5 Å². The summed E-state index contributed by atoms with van der Waals surface area (Å²) in [7, 11) is 8.72. The molecule has 0 radical (unpaired) electrons. The van der Waals surface area contributed by atoms with Crippen LogP contribution in [0.1, 0.15) is 47.9 Å². The number of ether oxygens (including phenoxy) is 2. The van der Waals surface area contributed by atoms with Gasteiger partial charge in [0.2, 0.25) is 11.3 Å². The fraction of sp³-hybridized carbons (Fsp3) is 0.280. The number of fused-ring (bicyclic) bond motifs is 8. The summed E-state index contributed by atoms with van der Waals surface area (Å²) in [6, 6.07) is 23.8. The van der Waals surface area contributed by atoms with Crippen LogP contribution in [0.5, 0.6) is 0 Å². The Labute approximate surface area is 385 Å². The van der Waals surface area contributed by atoms with Crippen molar-refractivity contribution in [2.45, 2.75) is 27.2 Å². The van der Waals surface area contributed by atoms with Crippen molar-refractivity contribution in [1.82, 2.24) is 14.9 Å². The molecule has 4 aromatic carbocycles. The van der Waals surface area contributed by atoms with Gasteiger partial charge in [0.25, 0.3) is 5.91 Å². The highest BCUT2D eigenvalue weighted by Crippen LogP contribution is 2.41. The van der Waals surface area contributed by atoms with Gasteiger partial charge in [0.15, 0.2) is 28.5 Å². The van der Waals surface area contributed by atoms with E-state index < -0.39 is 5.91 Å². The predicted octanol–water partition coefficient (Wildman–Crippen LogP) is 8.64. The number of hydrogen-bond acceptors (Lipinski definition) is 14. The van der Waals surface area contributed by atoms with E-state index in [1.165, 1.54) is 18.7 Å². The van der Waals surface area contributed by atoms with Crippen LogP contribution in [0, 0.1) is 4.51 Å². The highest BCUT2D eigenvalue weighted by Gasteiger charge is 2.28. The number of likely N-dealkylation sites (N-methyl/N-ethyl adjacent to an activating group) is 1. The van der Waals surface area contributed by atoms with Gasteiger partial charge in [-0.25, -0.2) is 9.97 Å². The number of methoxy groups -OCH3 is 1. The van der Waals surface area contributed by atoms with Gasteiger partial charge in [-0.2, -0.15) is 0 Å². The van der Waals surface area contributed by atoms with E-state index in [1.807, 2.05) is 78.5 Å². The fourth-order valence-corrected chi connectivity index (χ4v) is 8.01. The highest BCUT2D eigenvalue weighted by molar-refractivity contribution is 7.71. The smallest absolute Gasteiger partial charge is 0.261 e. The predicted molar refractivity (Wildman–Crippen MR) is 260 cm³/mol. The maximum Gasteiger partial charge on any atom is 0.261 e. The Morgan fingerprint density at radius 3 is 1.88 bits per heavy atom. The Balaban J connectivity index is 0.000000196. The lowest BCUT2D eigenvalue weighted by atomic mass is 9.96. The first-order valence-corrected chi connectivity index (χ1v) is 21.6. The number of rotatable bonds is 14. The van der Waals surface area contributed by atoms with Gasteiger partial charge >= 0.3 is 0 Å². The highest BCUT2D eigenvalue weighted by atomic mass is 32.1. The summed E-state index contributed by atoms with van der Waals surface area (Å²) in [6.45, 7) is 7.34. The third kappa shape index (κ3) is 9.61. The summed E-state index contributed by atoms with van der Waals surface area (Å²) < 4.78 is 23.3. The fourth-order valence-electron chi connectivity index (χ4n) is 7.60. The van der Waals surface area contributed by atoms with Gasteiger partial charge in [-0.15, -0.1) is 0 Å². The second-order valence-corrected chi connectivity index (χ2v) is 16.5. The van der Waals surface area contributed by atoms with E-state index in [4.69, 9.17) is 40.5 Å². The number of nitrogens with zero attached hydrogens (tertiary/aromatic N) is 5. The van der Waals surface area contributed by atoms with Crippen molar-refractivity contribution in [2.75, 3.05) is 83.3 Å². The number of aromatic nitrogens is 2. The molecule has 8 rings (SSSR count). The molecule has 66 heavy (non-hydrogen) atoms. The Bertz CT molecular complexity index is 3240. The molecule has 0 fully saturated rings. The first-order chi connectivity index (χ1) is 31.6. The average Bonchev–Trinajstić information content (AvgIpc) is 3.29. The molecular weight excluding hydrogens is 861 g/mol. The number of benzene rings is 6. The number of carbonyl (C=O) groups excluding carboxylic acids is 4. The molecular formula is C50H50N6O9S. The number of Topliss-reactive ketones (excluding diaryl/α,β-unsaturated/α-hetero) is 2. The molecule has 2 aliphatic carbocycles. The van der Waals surface area contributed by atoms with Crippen molar-refractivity contribution in [3.8, 4) is 22.9 Å². The number of hydrogen-bond donors (Lipinski definition) is 1. The summed E-state index contributed by atoms with van der Waals surface area (Å²) in [4.78, 5) is 76.9. The number of amides is 2. The number of nitrogens with one attached hydrogen (secondary N) is 1. The lowest BCUT2D eigenvalue weighted by Crippen LogP contribution is -2.29. The molecule has 0 bridgehead atoms. The zero-order chi connectivity index (χ0) is 47.4. The molecule has 16 heteroatoms. The molecule has 0 unspecified atom stereocenters. The van der Waals surface area contributed by atoms with Crippen molar-refractivity contribution in [2.24, 2.45) is 0 Å². The van der Waals surface area contributed by atoms with Crippen LogP contribution >= 0.6 is 12.2 Å². The Morgan fingerprint density at radius 2 is 1.29 bits per heavy atom. The SMILES string of the molecule is CC(=O)CCN(C)c1ccc2nc3c4c(NC(C)=O)cccc4c(=S)c(C(C)=O)c-3oc2c1.COCCOCCN(C)c1ccc2nc3c4ccccc4c(=O)c(C(=O)N(C)C)c-3oc2c1. The average molecular weight is 911 g/mol. The summed E-state index contributed by atoms with van der Waals surface area (Å²) in [5.41, 5.74) is 5.41. The van der Waals surface area contributed by atoms with Gasteiger partial charge in [0.1, 0.15) is 33.8 Å². The standard InChI is InChI=1S/C25H27N3O5.C25H23N3O4S/c1-27(2)25(30)21-23(29)18-8-6-5-7-17(18)22-24(21)33-20-15-16(9-10-19(20)26-22)28(3)11-12-32-14-13-31-4;1-13(29)10-11-28(4)16-8-9-18-20(12-16)32-24-21(14(2)30)25(33)17-6-5-7-19(26-15(3)31)22(17)23(24)27-18/h5-10,15H,11-14H2,1-4H3;5-9,12H,10-11H2,1-4H3,(H,26,31). The molecule has 2 amide bonds. The van der Waals surface area contributed by atoms with Crippen LogP contribution in [0.3, 0.4) is 0 Å². The minimum atomic E-state index is -0.415. The third-order valence-corrected chi connectivity index (χ3v) is 11.5. The van der Waals surface area contributed by atoms with Crippen LogP contribution in [-0.2, 0) is 19.1 Å². The third-order valence-electron chi connectivity index (χ3n) is 11.1. The van der Waals surface area contributed by atoms with Gasteiger partial charge in [-0.05, 0) is 44.2 Å². The van der Waals surface area contributed by atoms with Gasteiger partial charge in [0.05, 0.1) is 35.6 Å². The van der Waals surface area contributed by atoms with E-state index in [0.717, 1.165) is 11.4 Å². The zero-order valence-corrected chi connectivity index (χ0v) is 38.9. The van der Waals surface area contributed by atoms with Crippen molar-refractivity contribution in [3.05, 3.63) is 105 Å². The number of carbonyl (C=O) groups is 4. The largest absolute Gasteiger partial charge is 0.452 e. The first-order valence-electron chi connectivity index (χ1n) is 21.2. The van der Waals surface area contributed by atoms with Crippen molar-refractivity contribution in [1.29, 1.82) is 0 Å². The molecule has 0 atom stereocenters. The topological polar surface area (TPSA) is 178 Å².